The van der Waals surface area contributed by atoms with E-state index >= 15 is 0 Å². The number of carbonyl (C=O) groups excluding carboxylic acids is 1. The Morgan fingerprint density at radius 1 is 1.14 bits per heavy atom. The Morgan fingerprint density at radius 3 is 2.54 bits per heavy atom. The molecular weight excluding hydrogens is 374 g/mol. The Hall–Kier alpha value is -2.04. The first-order valence-corrected chi connectivity index (χ1v) is 9.84. The Balaban J connectivity index is 0.00000225. The molecule has 1 aliphatic carbocycles. The van der Waals surface area contributed by atoms with E-state index in [1.54, 1.807) is 13.2 Å². The van der Waals surface area contributed by atoms with E-state index in [0.717, 1.165) is 50.9 Å². The molecule has 1 aliphatic heterocycles. The number of nitrogens with zero attached hydrogens (tertiary/aromatic N) is 1. The zero-order chi connectivity index (χ0) is 18.8. The SMILES string of the molecule is COc1cc2c(cc1O)C(=O)C(CC1CCN(Cc3ccccc3)CC1)C2.Cl. The van der Waals surface area contributed by atoms with Crippen LogP contribution in [0.1, 0.15) is 40.7 Å². The first-order chi connectivity index (χ1) is 13.1. The lowest BCUT2D eigenvalue weighted by molar-refractivity contribution is 0.0895. The maximum atomic E-state index is 12.8. The molecule has 0 bridgehead atoms. The maximum Gasteiger partial charge on any atom is 0.166 e. The number of Topliss-reactive ketones (excluding diaryl/α,β-unsaturated/α-hetero) is 1. The summed E-state index contributed by atoms with van der Waals surface area (Å²) in [7, 11) is 1.54. The average molecular weight is 402 g/mol. The molecule has 1 unspecified atom stereocenters. The van der Waals surface area contributed by atoms with Gasteiger partial charge in [0.2, 0.25) is 0 Å². The molecule has 1 heterocycles. The molecule has 0 saturated carbocycles. The van der Waals surface area contributed by atoms with Gasteiger partial charge in [0.1, 0.15) is 0 Å². The fraction of sp³-hybridized carbons (Fsp3) is 0.435. The van der Waals surface area contributed by atoms with Crippen molar-refractivity contribution in [2.75, 3.05) is 20.2 Å². The van der Waals surface area contributed by atoms with Gasteiger partial charge in [0, 0.05) is 18.0 Å². The second-order valence-electron chi connectivity index (χ2n) is 7.89. The van der Waals surface area contributed by atoms with E-state index in [0.29, 0.717) is 17.2 Å². The molecule has 1 saturated heterocycles. The molecule has 1 atom stereocenters. The van der Waals surface area contributed by atoms with Gasteiger partial charge in [-0.3, -0.25) is 9.69 Å². The number of phenolic OH excluding ortho intramolecular Hbond substituents is 1. The van der Waals surface area contributed by atoms with Crippen molar-refractivity contribution in [1.82, 2.24) is 4.90 Å². The monoisotopic (exact) mass is 401 g/mol. The van der Waals surface area contributed by atoms with Gasteiger partial charge in [-0.2, -0.15) is 0 Å². The van der Waals surface area contributed by atoms with Crippen LogP contribution in [0.15, 0.2) is 42.5 Å². The van der Waals surface area contributed by atoms with Crippen LogP contribution in [0.25, 0.3) is 0 Å². The molecule has 2 aromatic carbocycles. The number of piperidine rings is 1. The van der Waals surface area contributed by atoms with Gasteiger partial charge in [0.05, 0.1) is 7.11 Å². The molecule has 0 radical (unpaired) electrons. The highest BCUT2D eigenvalue weighted by atomic mass is 35.5. The van der Waals surface area contributed by atoms with Crippen LogP contribution in [0, 0.1) is 11.8 Å². The molecule has 5 heteroatoms. The second-order valence-corrected chi connectivity index (χ2v) is 7.89. The topological polar surface area (TPSA) is 49.8 Å². The highest BCUT2D eigenvalue weighted by Gasteiger charge is 2.34. The number of phenols is 1. The fourth-order valence-corrected chi connectivity index (χ4v) is 4.56. The number of halogens is 1. The molecule has 28 heavy (non-hydrogen) atoms. The van der Waals surface area contributed by atoms with E-state index in [-0.39, 0.29) is 29.9 Å². The third-order valence-electron chi connectivity index (χ3n) is 6.08. The number of benzene rings is 2. The van der Waals surface area contributed by atoms with Crippen LogP contribution in [0.5, 0.6) is 11.5 Å². The Kier molecular flexibility index (Phi) is 6.63. The number of likely N-dealkylation sites (tertiary alicyclic amines) is 1. The lowest BCUT2D eigenvalue weighted by atomic mass is 9.85. The van der Waals surface area contributed by atoms with Crippen molar-refractivity contribution in [2.45, 2.75) is 32.2 Å². The lowest BCUT2D eigenvalue weighted by Crippen LogP contribution is -2.34. The summed E-state index contributed by atoms with van der Waals surface area (Å²) in [6.45, 7) is 3.21. The molecule has 4 rings (SSSR count). The summed E-state index contributed by atoms with van der Waals surface area (Å²) in [5, 5.41) is 9.97. The van der Waals surface area contributed by atoms with Crippen molar-refractivity contribution in [2.24, 2.45) is 11.8 Å². The van der Waals surface area contributed by atoms with Gasteiger partial charge in [-0.15, -0.1) is 12.4 Å². The molecule has 1 fully saturated rings. The minimum Gasteiger partial charge on any atom is -0.504 e. The third kappa shape index (κ3) is 4.34. The Morgan fingerprint density at radius 2 is 1.86 bits per heavy atom. The van der Waals surface area contributed by atoms with Crippen LogP contribution in [0.3, 0.4) is 0 Å². The molecular formula is C23H28ClNO3. The number of rotatable bonds is 5. The summed E-state index contributed by atoms with van der Waals surface area (Å²) >= 11 is 0. The second kappa shape index (κ2) is 8.97. The lowest BCUT2D eigenvalue weighted by Gasteiger charge is -2.32. The van der Waals surface area contributed by atoms with Gasteiger partial charge >= 0.3 is 0 Å². The number of methoxy groups -OCH3 is 1. The zero-order valence-electron chi connectivity index (χ0n) is 16.3. The van der Waals surface area contributed by atoms with Crippen molar-refractivity contribution in [3.63, 3.8) is 0 Å². The van der Waals surface area contributed by atoms with Crippen molar-refractivity contribution in [1.29, 1.82) is 0 Å². The molecule has 4 nitrogen and oxygen atoms in total. The van der Waals surface area contributed by atoms with Gasteiger partial charge < -0.3 is 9.84 Å². The molecule has 0 amide bonds. The average Bonchev–Trinajstić information content (AvgIpc) is 2.98. The number of hydrogen-bond acceptors (Lipinski definition) is 4. The Bertz CT molecular complexity index is 816. The summed E-state index contributed by atoms with van der Waals surface area (Å²) < 4.78 is 5.18. The predicted octanol–water partition coefficient (Wildman–Crippen LogP) is 4.48. The van der Waals surface area contributed by atoms with Crippen molar-refractivity contribution in [3.05, 3.63) is 59.2 Å². The quantitative estimate of drug-likeness (QED) is 0.802. The van der Waals surface area contributed by atoms with Crippen molar-refractivity contribution in [3.8, 4) is 11.5 Å². The van der Waals surface area contributed by atoms with E-state index in [4.69, 9.17) is 4.74 Å². The van der Waals surface area contributed by atoms with Crippen molar-refractivity contribution >= 4 is 18.2 Å². The van der Waals surface area contributed by atoms with Crippen LogP contribution in [0.2, 0.25) is 0 Å². The number of fused-ring (bicyclic) bond motifs is 1. The van der Waals surface area contributed by atoms with Crippen molar-refractivity contribution < 1.29 is 14.6 Å². The number of aromatic hydroxyl groups is 1. The minimum absolute atomic E-state index is 0. The standard InChI is InChI=1S/C23H27NO3.ClH/c1-27-22-13-18-12-19(23(26)20(18)14-21(22)25)11-16-7-9-24(10-8-16)15-17-5-3-2-4-6-17;/h2-6,13-14,16,19,25H,7-12,15H2,1H3;1H. The highest BCUT2D eigenvalue weighted by Crippen LogP contribution is 2.39. The highest BCUT2D eigenvalue weighted by molar-refractivity contribution is 6.02. The van der Waals surface area contributed by atoms with Crippen LogP contribution < -0.4 is 4.74 Å². The van der Waals surface area contributed by atoms with E-state index < -0.39 is 0 Å². The van der Waals surface area contributed by atoms with E-state index in [2.05, 4.69) is 35.2 Å². The van der Waals surface area contributed by atoms with Crippen LogP contribution in [0.4, 0.5) is 0 Å². The fourth-order valence-electron chi connectivity index (χ4n) is 4.56. The zero-order valence-corrected chi connectivity index (χ0v) is 17.1. The van der Waals surface area contributed by atoms with Gasteiger partial charge in [0.25, 0.3) is 0 Å². The molecule has 150 valence electrons. The van der Waals surface area contributed by atoms with E-state index in [1.807, 2.05) is 6.07 Å². The summed E-state index contributed by atoms with van der Waals surface area (Å²) in [6, 6.07) is 14.0. The summed E-state index contributed by atoms with van der Waals surface area (Å²) in [5.74, 6) is 1.36. The Labute approximate surface area is 172 Å². The first-order valence-electron chi connectivity index (χ1n) is 9.84. The minimum atomic E-state index is 0. The normalized spacial score (nSPS) is 19.9. The van der Waals surface area contributed by atoms with Gasteiger partial charge in [-0.1, -0.05) is 30.3 Å². The van der Waals surface area contributed by atoms with Gasteiger partial charge in [0.15, 0.2) is 17.3 Å². The van der Waals surface area contributed by atoms with Gasteiger partial charge in [-0.25, -0.2) is 0 Å². The number of carbonyl (C=O) groups is 1. The molecule has 0 spiro atoms. The molecule has 2 aromatic rings. The predicted molar refractivity (Wildman–Crippen MR) is 112 cm³/mol. The molecule has 0 aromatic heterocycles. The van der Waals surface area contributed by atoms with Crippen LogP contribution >= 0.6 is 12.4 Å². The number of hydrogen-bond donors (Lipinski definition) is 1. The molecule has 2 aliphatic rings. The summed E-state index contributed by atoms with van der Waals surface area (Å²) in [4.78, 5) is 15.3. The van der Waals surface area contributed by atoms with Crippen LogP contribution in [-0.2, 0) is 13.0 Å². The molecule has 1 N–H and O–H groups in total. The smallest absolute Gasteiger partial charge is 0.166 e. The van der Waals surface area contributed by atoms with E-state index in [1.165, 1.54) is 5.56 Å². The van der Waals surface area contributed by atoms with Crippen LogP contribution in [-0.4, -0.2) is 36.0 Å². The first kappa shape index (κ1) is 20.7. The summed E-state index contributed by atoms with van der Waals surface area (Å²) in [5.41, 5.74) is 3.06. The summed E-state index contributed by atoms with van der Waals surface area (Å²) in [6.07, 6.45) is 4.04. The number of ether oxygens (including phenoxy) is 1. The largest absolute Gasteiger partial charge is 0.504 e. The van der Waals surface area contributed by atoms with E-state index in [9.17, 15) is 9.90 Å². The van der Waals surface area contributed by atoms with Gasteiger partial charge in [-0.05, 0) is 68.0 Å². The number of ketones is 1. The maximum absolute atomic E-state index is 12.8. The third-order valence-corrected chi connectivity index (χ3v) is 6.08.